The van der Waals surface area contributed by atoms with Crippen molar-refractivity contribution >= 4 is 0 Å². The molecule has 0 aliphatic heterocycles. The third-order valence-electron chi connectivity index (χ3n) is 1.83. The summed E-state index contributed by atoms with van der Waals surface area (Å²) < 4.78 is 5.24. The number of ether oxygens (including phenoxy) is 1. The molecule has 0 saturated heterocycles. The van der Waals surface area contributed by atoms with Gasteiger partial charge in [-0.1, -0.05) is 12.8 Å². The molecule has 0 radical (unpaired) electrons. The van der Waals surface area contributed by atoms with Gasteiger partial charge in [0.05, 0.1) is 6.04 Å². The Morgan fingerprint density at radius 3 is 2.77 bits per heavy atom. The third-order valence-corrected chi connectivity index (χ3v) is 1.83. The van der Waals surface area contributed by atoms with Crippen LogP contribution in [-0.4, -0.2) is 25.8 Å². The lowest BCUT2D eigenvalue weighted by Gasteiger charge is -2.11. The average molecular weight is 183 g/mol. The van der Waals surface area contributed by atoms with E-state index in [4.69, 9.17) is 11.2 Å². The molecule has 0 fully saturated rings. The minimum absolute atomic E-state index is 0.223. The SMILES string of the molecule is C#CC(CCCOCC)NCCC. The first-order valence-electron chi connectivity index (χ1n) is 5.12. The van der Waals surface area contributed by atoms with Crippen molar-refractivity contribution in [1.82, 2.24) is 5.32 Å². The molecular weight excluding hydrogens is 162 g/mol. The minimum Gasteiger partial charge on any atom is -0.382 e. The van der Waals surface area contributed by atoms with Crippen LogP contribution in [0.1, 0.15) is 33.1 Å². The van der Waals surface area contributed by atoms with E-state index in [-0.39, 0.29) is 6.04 Å². The van der Waals surface area contributed by atoms with E-state index in [2.05, 4.69) is 18.2 Å². The second-order valence-electron chi connectivity index (χ2n) is 3.01. The Hall–Kier alpha value is -0.520. The molecule has 0 aromatic heterocycles. The van der Waals surface area contributed by atoms with Crippen LogP contribution in [-0.2, 0) is 4.74 Å². The largest absolute Gasteiger partial charge is 0.382 e. The number of terminal acetylenes is 1. The van der Waals surface area contributed by atoms with E-state index >= 15 is 0 Å². The molecule has 2 nitrogen and oxygen atoms in total. The highest BCUT2D eigenvalue weighted by Gasteiger charge is 2.01. The topological polar surface area (TPSA) is 21.3 Å². The summed E-state index contributed by atoms with van der Waals surface area (Å²) in [5.74, 6) is 2.75. The van der Waals surface area contributed by atoms with Crippen molar-refractivity contribution in [3.05, 3.63) is 0 Å². The molecule has 0 aromatic rings. The van der Waals surface area contributed by atoms with E-state index < -0.39 is 0 Å². The second-order valence-corrected chi connectivity index (χ2v) is 3.01. The van der Waals surface area contributed by atoms with Crippen molar-refractivity contribution in [3.63, 3.8) is 0 Å². The Labute approximate surface area is 82.1 Å². The fourth-order valence-electron chi connectivity index (χ4n) is 1.10. The highest BCUT2D eigenvalue weighted by Crippen LogP contribution is 1.96. The predicted molar refractivity (Wildman–Crippen MR) is 56.6 cm³/mol. The van der Waals surface area contributed by atoms with Crippen LogP contribution in [0, 0.1) is 12.3 Å². The van der Waals surface area contributed by atoms with Crippen molar-refractivity contribution in [2.45, 2.75) is 39.2 Å². The monoisotopic (exact) mass is 183 g/mol. The smallest absolute Gasteiger partial charge is 0.0687 e. The fraction of sp³-hybridized carbons (Fsp3) is 0.818. The molecule has 0 amide bonds. The van der Waals surface area contributed by atoms with Gasteiger partial charge in [-0.05, 0) is 32.7 Å². The van der Waals surface area contributed by atoms with E-state index in [0.29, 0.717) is 0 Å². The summed E-state index contributed by atoms with van der Waals surface area (Å²) in [6, 6.07) is 0.223. The van der Waals surface area contributed by atoms with Gasteiger partial charge in [-0.15, -0.1) is 6.42 Å². The maximum atomic E-state index is 5.37. The van der Waals surface area contributed by atoms with Gasteiger partial charge >= 0.3 is 0 Å². The highest BCUT2D eigenvalue weighted by molar-refractivity contribution is 4.98. The Bertz CT molecular complexity index is 140. The molecule has 0 saturated carbocycles. The first-order valence-corrected chi connectivity index (χ1v) is 5.12. The number of hydrogen-bond donors (Lipinski definition) is 1. The lowest BCUT2D eigenvalue weighted by atomic mass is 10.1. The van der Waals surface area contributed by atoms with Gasteiger partial charge in [-0.2, -0.15) is 0 Å². The molecule has 0 aliphatic carbocycles. The number of nitrogens with one attached hydrogen (secondary N) is 1. The van der Waals surface area contributed by atoms with Crippen LogP contribution in [0.3, 0.4) is 0 Å². The van der Waals surface area contributed by atoms with E-state index in [1.54, 1.807) is 0 Å². The van der Waals surface area contributed by atoms with Gasteiger partial charge in [0, 0.05) is 13.2 Å². The van der Waals surface area contributed by atoms with Crippen molar-refractivity contribution < 1.29 is 4.74 Å². The normalized spacial score (nSPS) is 12.4. The van der Waals surface area contributed by atoms with Crippen LogP contribution in [0.15, 0.2) is 0 Å². The second kappa shape index (κ2) is 9.57. The molecule has 0 aliphatic rings. The van der Waals surface area contributed by atoms with Crippen molar-refractivity contribution in [2.24, 2.45) is 0 Å². The Morgan fingerprint density at radius 1 is 1.46 bits per heavy atom. The lowest BCUT2D eigenvalue weighted by Crippen LogP contribution is -2.28. The molecule has 1 N–H and O–H groups in total. The molecular formula is C11H21NO. The van der Waals surface area contributed by atoms with Crippen LogP contribution in [0.2, 0.25) is 0 Å². The average Bonchev–Trinajstić information content (AvgIpc) is 2.17. The summed E-state index contributed by atoms with van der Waals surface area (Å²) in [6.45, 7) is 6.77. The summed E-state index contributed by atoms with van der Waals surface area (Å²) in [5, 5.41) is 3.30. The Morgan fingerprint density at radius 2 is 2.23 bits per heavy atom. The summed E-state index contributed by atoms with van der Waals surface area (Å²) >= 11 is 0. The van der Waals surface area contributed by atoms with E-state index in [9.17, 15) is 0 Å². The van der Waals surface area contributed by atoms with Gasteiger partial charge in [-0.3, -0.25) is 0 Å². The third kappa shape index (κ3) is 7.83. The van der Waals surface area contributed by atoms with Gasteiger partial charge < -0.3 is 10.1 Å². The van der Waals surface area contributed by atoms with Crippen LogP contribution in [0.5, 0.6) is 0 Å². The molecule has 0 aromatic carbocycles. The van der Waals surface area contributed by atoms with E-state index in [1.807, 2.05) is 6.92 Å². The standard InChI is InChI=1S/C11H21NO/c1-4-9-12-11(5-2)8-7-10-13-6-3/h2,11-12H,4,6-10H2,1,3H3. The maximum absolute atomic E-state index is 5.37. The van der Waals surface area contributed by atoms with Crippen LogP contribution in [0.25, 0.3) is 0 Å². The summed E-state index contributed by atoms with van der Waals surface area (Å²) in [7, 11) is 0. The van der Waals surface area contributed by atoms with Gasteiger partial charge in [-0.25, -0.2) is 0 Å². The van der Waals surface area contributed by atoms with Gasteiger partial charge in [0.1, 0.15) is 0 Å². The van der Waals surface area contributed by atoms with Crippen LogP contribution >= 0.6 is 0 Å². The zero-order valence-electron chi connectivity index (χ0n) is 8.81. The van der Waals surface area contributed by atoms with Crippen LogP contribution in [0.4, 0.5) is 0 Å². The molecule has 0 bridgehead atoms. The first-order chi connectivity index (χ1) is 6.35. The fourth-order valence-corrected chi connectivity index (χ4v) is 1.10. The summed E-state index contributed by atoms with van der Waals surface area (Å²) in [4.78, 5) is 0. The molecule has 0 heterocycles. The zero-order chi connectivity index (χ0) is 9.94. The minimum atomic E-state index is 0.223. The number of rotatable bonds is 8. The van der Waals surface area contributed by atoms with Crippen molar-refractivity contribution in [1.29, 1.82) is 0 Å². The quantitative estimate of drug-likeness (QED) is 0.458. The Kier molecular flexibility index (Phi) is 9.18. The molecule has 2 heteroatoms. The Balaban J connectivity index is 3.32. The van der Waals surface area contributed by atoms with E-state index in [1.165, 1.54) is 0 Å². The molecule has 0 spiro atoms. The highest BCUT2D eigenvalue weighted by atomic mass is 16.5. The molecule has 1 unspecified atom stereocenters. The molecule has 0 rings (SSSR count). The van der Waals surface area contributed by atoms with Crippen LogP contribution < -0.4 is 5.32 Å². The predicted octanol–water partition coefficient (Wildman–Crippen LogP) is 1.80. The molecule has 13 heavy (non-hydrogen) atoms. The van der Waals surface area contributed by atoms with Gasteiger partial charge in [0.2, 0.25) is 0 Å². The summed E-state index contributed by atoms with van der Waals surface area (Å²) in [6.07, 6.45) is 8.56. The van der Waals surface area contributed by atoms with Gasteiger partial charge in [0.15, 0.2) is 0 Å². The maximum Gasteiger partial charge on any atom is 0.0687 e. The molecule has 76 valence electrons. The van der Waals surface area contributed by atoms with E-state index in [0.717, 1.165) is 39.0 Å². The van der Waals surface area contributed by atoms with Crippen molar-refractivity contribution in [2.75, 3.05) is 19.8 Å². The first kappa shape index (κ1) is 12.5. The van der Waals surface area contributed by atoms with Crippen molar-refractivity contribution in [3.8, 4) is 12.3 Å². The molecule has 1 atom stereocenters. The number of hydrogen-bond acceptors (Lipinski definition) is 2. The van der Waals surface area contributed by atoms with Gasteiger partial charge in [0.25, 0.3) is 0 Å². The lowest BCUT2D eigenvalue weighted by molar-refractivity contribution is 0.142. The zero-order valence-corrected chi connectivity index (χ0v) is 8.81. The summed E-state index contributed by atoms with van der Waals surface area (Å²) in [5.41, 5.74) is 0.